The Bertz CT molecular complexity index is 945. The molecule has 0 amide bonds. The predicted molar refractivity (Wildman–Crippen MR) is 127 cm³/mol. The summed E-state index contributed by atoms with van der Waals surface area (Å²) in [6.45, 7) is 13.3. The van der Waals surface area contributed by atoms with Gasteiger partial charge in [-0.1, -0.05) is 39.8 Å². The molecular formula is C26H37N5. The van der Waals surface area contributed by atoms with Crippen LogP contribution < -0.4 is 15.5 Å². The van der Waals surface area contributed by atoms with Gasteiger partial charge in [0.25, 0.3) is 0 Å². The highest BCUT2D eigenvalue weighted by Gasteiger charge is 2.46. The van der Waals surface area contributed by atoms with E-state index in [0.717, 1.165) is 32.6 Å². The van der Waals surface area contributed by atoms with E-state index in [2.05, 4.69) is 61.4 Å². The maximum Gasteiger partial charge on any atom is 0.140 e. The molecule has 2 aromatic rings. The zero-order valence-electron chi connectivity index (χ0n) is 19.5. The number of hydrogen-bond donors (Lipinski definition) is 2. The lowest BCUT2D eigenvalue weighted by Gasteiger charge is -2.36. The van der Waals surface area contributed by atoms with Crippen LogP contribution in [0.4, 0.5) is 11.5 Å². The van der Waals surface area contributed by atoms with E-state index in [0.29, 0.717) is 17.9 Å². The molecule has 166 valence electrons. The van der Waals surface area contributed by atoms with Gasteiger partial charge in [-0.2, -0.15) is 0 Å². The molecule has 0 saturated carbocycles. The van der Waals surface area contributed by atoms with E-state index in [4.69, 9.17) is 9.97 Å². The van der Waals surface area contributed by atoms with Crippen LogP contribution >= 0.6 is 0 Å². The summed E-state index contributed by atoms with van der Waals surface area (Å²) in [5.74, 6) is 2.35. The Morgan fingerprint density at radius 2 is 1.97 bits per heavy atom. The van der Waals surface area contributed by atoms with Crippen LogP contribution in [0.15, 0.2) is 24.5 Å². The summed E-state index contributed by atoms with van der Waals surface area (Å²) in [5.41, 5.74) is 7.30. The molecule has 1 atom stereocenters. The molecule has 1 aliphatic carbocycles. The molecule has 31 heavy (non-hydrogen) atoms. The van der Waals surface area contributed by atoms with Crippen LogP contribution in [-0.4, -0.2) is 35.6 Å². The largest absolute Gasteiger partial charge is 0.325 e. The zero-order valence-corrected chi connectivity index (χ0v) is 19.5. The van der Waals surface area contributed by atoms with Crippen LogP contribution in [0.1, 0.15) is 75.3 Å². The third-order valence-electron chi connectivity index (χ3n) is 7.74. The lowest BCUT2D eigenvalue weighted by atomic mass is 9.73. The smallest absolute Gasteiger partial charge is 0.140 e. The van der Waals surface area contributed by atoms with Crippen LogP contribution in [0.5, 0.6) is 0 Å². The second kappa shape index (κ2) is 8.18. The topological polar surface area (TPSA) is 53.1 Å². The fourth-order valence-corrected chi connectivity index (χ4v) is 6.17. The second-order valence-corrected chi connectivity index (χ2v) is 10.4. The van der Waals surface area contributed by atoms with Crippen molar-refractivity contribution in [1.29, 1.82) is 0 Å². The molecule has 0 radical (unpaired) electrons. The molecule has 2 aliphatic heterocycles. The summed E-state index contributed by atoms with van der Waals surface area (Å²) < 4.78 is 0. The number of nitrogens with zero attached hydrogens (tertiary/aromatic N) is 3. The van der Waals surface area contributed by atoms with Gasteiger partial charge in [0.05, 0.1) is 0 Å². The monoisotopic (exact) mass is 419 g/mol. The molecule has 1 saturated heterocycles. The van der Waals surface area contributed by atoms with Gasteiger partial charge in [-0.25, -0.2) is 9.97 Å². The number of rotatable bonds is 5. The first kappa shape index (κ1) is 20.9. The van der Waals surface area contributed by atoms with Crippen molar-refractivity contribution in [2.75, 3.05) is 24.5 Å². The van der Waals surface area contributed by atoms with Crippen LogP contribution in [-0.2, 0) is 18.4 Å². The molecular weight excluding hydrogens is 382 g/mol. The average molecular weight is 420 g/mol. The van der Waals surface area contributed by atoms with E-state index in [1.807, 2.05) is 0 Å². The highest BCUT2D eigenvalue weighted by atomic mass is 15.2. The minimum Gasteiger partial charge on any atom is -0.325 e. The van der Waals surface area contributed by atoms with Crippen molar-refractivity contribution in [1.82, 2.24) is 20.6 Å². The predicted octanol–water partition coefficient (Wildman–Crippen LogP) is 4.43. The summed E-state index contributed by atoms with van der Waals surface area (Å²) in [6, 6.07) is 7.39. The van der Waals surface area contributed by atoms with Crippen molar-refractivity contribution in [2.45, 2.75) is 77.3 Å². The number of fused-ring (bicyclic) bond motifs is 3. The van der Waals surface area contributed by atoms with Crippen LogP contribution in [0.2, 0.25) is 0 Å². The first-order valence-electron chi connectivity index (χ1n) is 12.2. The Labute approximate surface area is 187 Å². The van der Waals surface area contributed by atoms with Gasteiger partial charge in [-0.3, -0.25) is 0 Å². The highest BCUT2D eigenvalue weighted by Crippen LogP contribution is 2.52. The third-order valence-corrected chi connectivity index (χ3v) is 7.74. The van der Waals surface area contributed by atoms with Gasteiger partial charge < -0.3 is 15.5 Å². The molecule has 5 heteroatoms. The van der Waals surface area contributed by atoms with Crippen molar-refractivity contribution in [3.05, 3.63) is 46.9 Å². The lowest BCUT2D eigenvalue weighted by Crippen LogP contribution is -2.43. The Hall–Kier alpha value is -1.98. The highest BCUT2D eigenvalue weighted by molar-refractivity contribution is 5.75. The van der Waals surface area contributed by atoms with Gasteiger partial charge in [0.2, 0.25) is 0 Å². The normalized spacial score (nSPS) is 21.9. The van der Waals surface area contributed by atoms with E-state index in [9.17, 15) is 0 Å². The quantitative estimate of drug-likeness (QED) is 0.751. The van der Waals surface area contributed by atoms with Gasteiger partial charge in [0, 0.05) is 41.5 Å². The summed E-state index contributed by atoms with van der Waals surface area (Å²) in [6.07, 6.45) is 6.47. The van der Waals surface area contributed by atoms with Gasteiger partial charge in [0.15, 0.2) is 0 Å². The van der Waals surface area contributed by atoms with Gasteiger partial charge in [0.1, 0.15) is 12.1 Å². The van der Waals surface area contributed by atoms with E-state index in [-0.39, 0.29) is 5.41 Å². The summed E-state index contributed by atoms with van der Waals surface area (Å²) in [7, 11) is 0. The first-order valence-corrected chi connectivity index (χ1v) is 12.2. The zero-order chi connectivity index (χ0) is 21.6. The molecule has 1 fully saturated rings. The van der Waals surface area contributed by atoms with Gasteiger partial charge in [-0.05, 0) is 67.8 Å². The van der Waals surface area contributed by atoms with Crippen molar-refractivity contribution in [2.24, 2.45) is 5.92 Å². The van der Waals surface area contributed by atoms with E-state index < -0.39 is 0 Å². The molecule has 5 rings (SSSR count). The van der Waals surface area contributed by atoms with E-state index >= 15 is 0 Å². The summed E-state index contributed by atoms with van der Waals surface area (Å²) >= 11 is 0. The maximum absolute atomic E-state index is 4.93. The molecule has 3 aliphatic rings. The number of aromatic nitrogens is 2. The minimum atomic E-state index is 0.208. The Morgan fingerprint density at radius 3 is 2.71 bits per heavy atom. The molecule has 1 aromatic carbocycles. The van der Waals surface area contributed by atoms with Gasteiger partial charge in [-0.15, -0.1) is 0 Å². The van der Waals surface area contributed by atoms with Crippen molar-refractivity contribution in [3.63, 3.8) is 0 Å². The SMILES string of the molecule is CC(C)NCc1cccc2c1C1(CCNCC1)CN2c1ncnc2c1C(C(C)C)CC2. The number of hydrogen-bond acceptors (Lipinski definition) is 5. The second-order valence-electron chi connectivity index (χ2n) is 10.4. The number of piperidine rings is 1. The van der Waals surface area contributed by atoms with Crippen LogP contribution in [0.25, 0.3) is 0 Å². The van der Waals surface area contributed by atoms with Crippen molar-refractivity contribution in [3.8, 4) is 0 Å². The number of aryl methyl sites for hydroxylation is 1. The molecule has 1 spiro atoms. The molecule has 3 heterocycles. The minimum absolute atomic E-state index is 0.208. The number of benzene rings is 1. The van der Waals surface area contributed by atoms with Crippen LogP contribution in [0, 0.1) is 5.92 Å². The molecule has 1 aromatic heterocycles. The molecule has 0 bridgehead atoms. The number of anilines is 2. The third kappa shape index (κ3) is 3.56. The summed E-state index contributed by atoms with van der Waals surface area (Å²) in [5, 5.41) is 7.27. The Balaban J connectivity index is 1.63. The Kier molecular flexibility index (Phi) is 5.51. The first-order chi connectivity index (χ1) is 15.0. The maximum atomic E-state index is 4.93. The average Bonchev–Trinajstić information content (AvgIpc) is 3.33. The van der Waals surface area contributed by atoms with E-state index in [1.54, 1.807) is 11.9 Å². The van der Waals surface area contributed by atoms with Crippen molar-refractivity contribution >= 4 is 11.5 Å². The molecule has 1 unspecified atom stereocenters. The summed E-state index contributed by atoms with van der Waals surface area (Å²) in [4.78, 5) is 12.2. The molecule has 2 N–H and O–H groups in total. The molecule has 5 nitrogen and oxygen atoms in total. The fraction of sp³-hybridized carbons (Fsp3) is 0.615. The number of nitrogens with one attached hydrogen (secondary N) is 2. The van der Waals surface area contributed by atoms with Gasteiger partial charge >= 0.3 is 0 Å². The van der Waals surface area contributed by atoms with Crippen molar-refractivity contribution < 1.29 is 0 Å². The Morgan fingerprint density at radius 1 is 1.16 bits per heavy atom. The lowest BCUT2D eigenvalue weighted by molar-refractivity contribution is 0.326. The van der Waals surface area contributed by atoms with Crippen LogP contribution in [0.3, 0.4) is 0 Å². The van der Waals surface area contributed by atoms with E-state index in [1.165, 1.54) is 47.6 Å². The standard InChI is InChI=1S/C26H37N5/c1-17(2)20-8-9-21-23(20)25(30-16-29-21)31-15-26(10-12-27-13-11-26)24-19(14-28-18(3)4)6-5-7-22(24)31/h5-7,16-18,20,27-28H,8-15H2,1-4H3. The fourth-order valence-electron chi connectivity index (χ4n) is 6.17.